The molecule has 2 heterocycles. The SMILES string of the molecule is COc1cc(-c2cnc3cccc(-c4ccc(CC(=O)N5CCS(O)(O)CC5)cc4)c3n2)cc(OC)c1OC. The van der Waals surface area contributed by atoms with Crippen LogP contribution in [0.2, 0.25) is 0 Å². The van der Waals surface area contributed by atoms with Crippen LogP contribution in [0.1, 0.15) is 5.56 Å². The Bertz CT molecular complexity index is 1470. The molecule has 0 aliphatic carbocycles. The minimum absolute atomic E-state index is 0.0105. The molecular formula is C29H31N3O6S. The summed E-state index contributed by atoms with van der Waals surface area (Å²) in [4.78, 5) is 24.1. The normalized spacial score (nSPS) is 15.6. The summed E-state index contributed by atoms with van der Waals surface area (Å²) in [6.07, 6.45) is 1.99. The van der Waals surface area contributed by atoms with E-state index in [0.29, 0.717) is 36.0 Å². The first-order valence-electron chi connectivity index (χ1n) is 12.5. The summed E-state index contributed by atoms with van der Waals surface area (Å²) >= 11 is 0. The molecule has 39 heavy (non-hydrogen) atoms. The number of aromatic nitrogens is 2. The largest absolute Gasteiger partial charge is 0.493 e. The lowest BCUT2D eigenvalue weighted by Crippen LogP contribution is -2.42. The van der Waals surface area contributed by atoms with Crippen LogP contribution in [0, 0.1) is 0 Å². The van der Waals surface area contributed by atoms with Gasteiger partial charge in [-0.2, -0.15) is 10.6 Å². The van der Waals surface area contributed by atoms with Gasteiger partial charge in [-0.05, 0) is 29.3 Å². The molecule has 1 aliphatic heterocycles. The van der Waals surface area contributed by atoms with Crippen molar-refractivity contribution in [3.05, 3.63) is 66.4 Å². The third kappa shape index (κ3) is 5.63. The van der Waals surface area contributed by atoms with E-state index >= 15 is 0 Å². The number of rotatable bonds is 7. The molecule has 204 valence electrons. The predicted molar refractivity (Wildman–Crippen MR) is 153 cm³/mol. The van der Waals surface area contributed by atoms with E-state index in [4.69, 9.17) is 19.2 Å². The number of carbonyl (C=O) groups excluding carboxylic acids is 1. The summed E-state index contributed by atoms with van der Waals surface area (Å²) in [5.41, 5.74) is 5.73. The van der Waals surface area contributed by atoms with Gasteiger partial charge in [0.2, 0.25) is 11.7 Å². The second kappa shape index (κ2) is 11.1. The highest BCUT2D eigenvalue weighted by molar-refractivity contribution is 8.24. The van der Waals surface area contributed by atoms with Gasteiger partial charge in [0.1, 0.15) is 0 Å². The molecule has 1 amide bonds. The topological polar surface area (TPSA) is 114 Å². The Balaban J connectivity index is 1.42. The van der Waals surface area contributed by atoms with Crippen molar-refractivity contribution in [2.24, 2.45) is 0 Å². The molecule has 0 radical (unpaired) electrons. The van der Waals surface area contributed by atoms with E-state index in [2.05, 4.69) is 4.98 Å². The number of ether oxygens (including phenoxy) is 3. The van der Waals surface area contributed by atoms with Gasteiger partial charge >= 0.3 is 0 Å². The number of amides is 1. The molecule has 0 bridgehead atoms. The van der Waals surface area contributed by atoms with E-state index in [1.165, 1.54) is 0 Å². The molecule has 0 unspecified atom stereocenters. The van der Waals surface area contributed by atoms with Crippen molar-refractivity contribution in [2.75, 3.05) is 45.9 Å². The number of hydrogen-bond acceptors (Lipinski definition) is 8. The number of methoxy groups -OCH3 is 3. The first-order chi connectivity index (χ1) is 18.8. The highest BCUT2D eigenvalue weighted by Gasteiger charge is 2.25. The third-order valence-corrected chi connectivity index (χ3v) is 8.56. The van der Waals surface area contributed by atoms with Gasteiger partial charge in [0.05, 0.1) is 62.2 Å². The second-order valence-corrected chi connectivity index (χ2v) is 11.7. The van der Waals surface area contributed by atoms with Gasteiger partial charge in [0.25, 0.3) is 0 Å². The monoisotopic (exact) mass is 549 g/mol. The molecule has 0 atom stereocenters. The van der Waals surface area contributed by atoms with Gasteiger partial charge in [0.15, 0.2) is 11.5 Å². The Morgan fingerprint density at radius 3 is 2.21 bits per heavy atom. The van der Waals surface area contributed by atoms with Crippen molar-refractivity contribution in [3.8, 4) is 39.6 Å². The Labute approximate surface area is 228 Å². The fourth-order valence-corrected chi connectivity index (χ4v) is 5.93. The summed E-state index contributed by atoms with van der Waals surface area (Å²) in [5.74, 6) is 2.06. The van der Waals surface area contributed by atoms with Crippen molar-refractivity contribution in [1.82, 2.24) is 14.9 Å². The first kappa shape index (κ1) is 26.7. The number of hydrogen-bond donors (Lipinski definition) is 2. The number of fused-ring (bicyclic) bond motifs is 1. The van der Waals surface area contributed by atoms with Crippen molar-refractivity contribution >= 4 is 27.5 Å². The number of para-hydroxylation sites is 1. The predicted octanol–water partition coefficient (Wildman–Crippen LogP) is 5.12. The van der Waals surface area contributed by atoms with E-state index in [1.807, 2.05) is 54.6 Å². The molecule has 2 N–H and O–H groups in total. The van der Waals surface area contributed by atoms with Crippen LogP contribution in [0.4, 0.5) is 0 Å². The Morgan fingerprint density at radius 1 is 0.923 bits per heavy atom. The van der Waals surface area contributed by atoms with E-state index < -0.39 is 10.6 Å². The van der Waals surface area contributed by atoms with Crippen LogP contribution in [0.25, 0.3) is 33.4 Å². The van der Waals surface area contributed by atoms with E-state index in [0.717, 1.165) is 33.3 Å². The quantitative estimate of drug-likeness (QED) is 0.326. The van der Waals surface area contributed by atoms with Crippen molar-refractivity contribution in [3.63, 3.8) is 0 Å². The van der Waals surface area contributed by atoms with Crippen LogP contribution in [-0.2, 0) is 11.2 Å². The van der Waals surface area contributed by atoms with Crippen LogP contribution in [0.5, 0.6) is 17.2 Å². The van der Waals surface area contributed by atoms with Crippen LogP contribution in [0.15, 0.2) is 60.8 Å². The minimum Gasteiger partial charge on any atom is -0.493 e. The summed E-state index contributed by atoms with van der Waals surface area (Å²) in [7, 11) is 2.18. The molecule has 1 aliphatic rings. The molecule has 4 aromatic rings. The summed E-state index contributed by atoms with van der Waals surface area (Å²) in [6, 6.07) is 17.4. The van der Waals surface area contributed by atoms with E-state index in [1.54, 1.807) is 32.4 Å². The maximum Gasteiger partial charge on any atom is 0.227 e. The standard InChI is InChI=1S/C29H31N3O6S/c1-36-25-16-21(17-26(37-2)29(25)38-3)24-18-30-23-6-4-5-22(28(23)31-24)20-9-7-19(8-10-20)15-27(33)32-11-13-39(34,35)14-12-32/h4-10,16-18,34-35H,11-15H2,1-3H3. The van der Waals surface area contributed by atoms with Crippen molar-refractivity contribution in [2.45, 2.75) is 6.42 Å². The third-order valence-electron chi connectivity index (χ3n) is 6.88. The molecule has 1 saturated heterocycles. The van der Waals surface area contributed by atoms with Crippen LogP contribution in [-0.4, -0.2) is 75.8 Å². The Kier molecular flexibility index (Phi) is 7.60. The number of nitrogens with zero attached hydrogens (tertiary/aromatic N) is 3. The summed E-state index contributed by atoms with van der Waals surface area (Å²) in [5, 5.41) is 0. The van der Waals surface area contributed by atoms with Crippen LogP contribution in [0.3, 0.4) is 0 Å². The lowest BCUT2D eigenvalue weighted by molar-refractivity contribution is -0.130. The van der Waals surface area contributed by atoms with Gasteiger partial charge in [-0.25, -0.2) is 4.98 Å². The minimum atomic E-state index is -2.53. The number of benzene rings is 3. The van der Waals surface area contributed by atoms with Crippen LogP contribution >= 0.6 is 10.6 Å². The Hall–Kier alpha value is -3.86. The zero-order chi connectivity index (χ0) is 27.6. The average molecular weight is 550 g/mol. The average Bonchev–Trinajstić information content (AvgIpc) is 2.96. The van der Waals surface area contributed by atoms with Crippen LogP contribution < -0.4 is 14.2 Å². The summed E-state index contributed by atoms with van der Waals surface area (Å²) in [6.45, 7) is 0.754. The van der Waals surface area contributed by atoms with Gasteiger partial charge in [0, 0.05) is 24.2 Å². The highest BCUT2D eigenvalue weighted by atomic mass is 32.3. The maximum absolute atomic E-state index is 12.7. The fourth-order valence-electron chi connectivity index (χ4n) is 4.70. The van der Waals surface area contributed by atoms with Gasteiger partial charge in [-0.15, -0.1) is 0 Å². The highest BCUT2D eigenvalue weighted by Crippen LogP contribution is 2.42. The van der Waals surface area contributed by atoms with Crippen molar-refractivity contribution < 1.29 is 28.1 Å². The van der Waals surface area contributed by atoms with Crippen molar-refractivity contribution in [1.29, 1.82) is 0 Å². The van der Waals surface area contributed by atoms with E-state index in [-0.39, 0.29) is 23.8 Å². The van der Waals surface area contributed by atoms with E-state index in [9.17, 15) is 13.9 Å². The van der Waals surface area contributed by atoms with Gasteiger partial charge < -0.3 is 19.1 Å². The molecule has 0 saturated carbocycles. The zero-order valence-electron chi connectivity index (χ0n) is 22.1. The molecule has 9 nitrogen and oxygen atoms in total. The molecule has 0 spiro atoms. The lowest BCUT2D eigenvalue weighted by atomic mass is 10.0. The Morgan fingerprint density at radius 2 is 1.59 bits per heavy atom. The second-order valence-electron chi connectivity index (χ2n) is 9.31. The maximum atomic E-state index is 12.7. The number of carbonyl (C=O) groups is 1. The smallest absolute Gasteiger partial charge is 0.227 e. The molecular weight excluding hydrogens is 518 g/mol. The lowest BCUT2D eigenvalue weighted by Gasteiger charge is -2.41. The summed E-state index contributed by atoms with van der Waals surface area (Å²) < 4.78 is 36.1. The zero-order valence-corrected chi connectivity index (χ0v) is 22.9. The molecule has 1 fully saturated rings. The molecule has 5 rings (SSSR count). The molecule has 10 heteroatoms. The molecule has 3 aromatic carbocycles. The van der Waals surface area contributed by atoms with Gasteiger partial charge in [-0.3, -0.25) is 18.9 Å². The fraction of sp³-hybridized carbons (Fsp3) is 0.276. The first-order valence-corrected chi connectivity index (χ1v) is 14.4. The molecule has 1 aromatic heterocycles. The van der Waals surface area contributed by atoms with Gasteiger partial charge in [-0.1, -0.05) is 36.4 Å².